The number of carbonyl (C=O) groups is 1. The molecule has 3 nitrogen and oxygen atoms in total. The fourth-order valence-corrected chi connectivity index (χ4v) is 1.96. The molecule has 0 fully saturated rings. The average molecular weight is 247 g/mol. The maximum absolute atomic E-state index is 13.3. The van der Waals surface area contributed by atoms with E-state index < -0.39 is 11.8 Å². The van der Waals surface area contributed by atoms with Crippen LogP contribution in [0.2, 0.25) is 0 Å². The van der Waals surface area contributed by atoms with Gasteiger partial charge in [-0.2, -0.15) is 0 Å². The quantitative estimate of drug-likeness (QED) is 0.840. The molecule has 0 saturated carbocycles. The third-order valence-corrected chi connectivity index (χ3v) is 2.85. The van der Waals surface area contributed by atoms with Crippen LogP contribution < -0.4 is 0 Å². The van der Waals surface area contributed by atoms with E-state index in [0.717, 1.165) is 0 Å². The van der Waals surface area contributed by atoms with Crippen LogP contribution in [0.15, 0.2) is 24.4 Å². The molecule has 0 aliphatic carbocycles. The summed E-state index contributed by atoms with van der Waals surface area (Å²) in [5, 5.41) is 9.71. The zero-order chi connectivity index (χ0) is 13.5. The summed E-state index contributed by atoms with van der Waals surface area (Å²) < 4.78 is 13.3. The number of hydrogen-bond donors (Lipinski definition) is 1. The third-order valence-electron chi connectivity index (χ3n) is 2.85. The number of rotatable bonds is 1. The second kappa shape index (κ2) is 4.05. The van der Waals surface area contributed by atoms with Crippen LogP contribution >= 0.6 is 0 Å². The number of aromatic nitrogens is 1. The zero-order valence-electron chi connectivity index (χ0n) is 10.5. The van der Waals surface area contributed by atoms with E-state index in [2.05, 4.69) is 4.98 Å². The van der Waals surface area contributed by atoms with Gasteiger partial charge in [-0.15, -0.1) is 0 Å². The van der Waals surface area contributed by atoms with E-state index in [1.54, 1.807) is 6.20 Å². The minimum absolute atomic E-state index is 0.131. The first kappa shape index (κ1) is 12.5. The van der Waals surface area contributed by atoms with Crippen LogP contribution in [0, 0.1) is 5.82 Å². The van der Waals surface area contributed by atoms with E-state index in [1.165, 1.54) is 18.2 Å². The number of benzene rings is 1. The molecule has 0 aliphatic rings. The molecule has 2 rings (SSSR count). The first-order valence-corrected chi connectivity index (χ1v) is 5.63. The molecule has 0 radical (unpaired) electrons. The summed E-state index contributed by atoms with van der Waals surface area (Å²) in [7, 11) is 0. The van der Waals surface area contributed by atoms with Crippen molar-refractivity contribution < 1.29 is 14.3 Å². The van der Waals surface area contributed by atoms with Crippen molar-refractivity contribution in [2.75, 3.05) is 0 Å². The predicted octanol–water partition coefficient (Wildman–Crippen LogP) is 3.37. The van der Waals surface area contributed by atoms with Gasteiger partial charge in [-0.3, -0.25) is 4.98 Å². The summed E-state index contributed by atoms with van der Waals surface area (Å²) in [5.41, 5.74) is 0.864. The lowest BCUT2D eigenvalue weighted by Gasteiger charge is -2.21. The van der Waals surface area contributed by atoms with Crippen LogP contribution in [0.5, 0.6) is 0 Å². The van der Waals surface area contributed by atoms with Crippen LogP contribution in [0.1, 0.15) is 36.7 Å². The molecule has 0 aliphatic heterocycles. The number of carboxylic acid groups (broad SMARTS) is 1. The molecule has 4 heteroatoms. The van der Waals surface area contributed by atoms with Crippen molar-refractivity contribution in [3.8, 4) is 0 Å². The summed E-state index contributed by atoms with van der Waals surface area (Å²) >= 11 is 0. The molecule has 0 atom stereocenters. The van der Waals surface area contributed by atoms with Crippen LogP contribution in [-0.2, 0) is 5.41 Å². The highest BCUT2D eigenvalue weighted by molar-refractivity contribution is 6.04. The van der Waals surface area contributed by atoms with Crippen LogP contribution in [0.3, 0.4) is 0 Å². The highest BCUT2D eigenvalue weighted by atomic mass is 19.1. The number of halogens is 1. The monoisotopic (exact) mass is 247 g/mol. The topological polar surface area (TPSA) is 50.2 Å². The van der Waals surface area contributed by atoms with Gasteiger partial charge in [-0.05, 0) is 29.2 Å². The molecule has 1 heterocycles. The summed E-state index contributed by atoms with van der Waals surface area (Å²) in [6.07, 6.45) is 1.56. The molecule has 0 unspecified atom stereocenters. The molecule has 0 saturated heterocycles. The number of carboxylic acids is 1. The molecule has 1 N–H and O–H groups in total. The maximum Gasteiger partial charge on any atom is 0.336 e. The minimum Gasteiger partial charge on any atom is -0.478 e. The molecule has 2 aromatic rings. The van der Waals surface area contributed by atoms with Gasteiger partial charge in [0.05, 0.1) is 11.1 Å². The van der Waals surface area contributed by atoms with Crippen molar-refractivity contribution in [2.24, 2.45) is 0 Å². The largest absolute Gasteiger partial charge is 0.478 e. The Bertz CT molecular complexity index is 629. The Morgan fingerprint density at radius 1 is 1.33 bits per heavy atom. The molecule has 0 bridgehead atoms. The number of nitrogens with zero attached hydrogens (tertiary/aromatic N) is 1. The Labute approximate surface area is 104 Å². The smallest absolute Gasteiger partial charge is 0.336 e. The molecule has 0 amide bonds. The second-order valence-corrected chi connectivity index (χ2v) is 5.26. The van der Waals surface area contributed by atoms with Crippen molar-refractivity contribution >= 4 is 16.9 Å². The highest BCUT2D eigenvalue weighted by Crippen LogP contribution is 2.30. The number of aromatic carboxylic acids is 1. The van der Waals surface area contributed by atoms with Crippen molar-refractivity contribution in [2.45, 2.75) is 26.2 Å². The van der Waals surface area contributed by atoms with E-state index in [0.29, 0.717) is 16.5 Å². The average Bonchev–Trinajstić information content (AvgIpc) is 2.25. The Morgan fingerprint density at radius 2 is 2.00 bits per heavy atom. The fraction of sp³-hybridized carbons (Fsp3) is 0.286. The molecular formula is C14H14FNO2. The van der Waals surface area contributed by atoms with Gasteiger partial charge >= 0.3 is 5.97 Å². The lowest BCUT2D eigenvalue weighted by Crippen LogP contribution is -2.18. The minimum atomic E-state index is -1.06. The van der Waals surface area contributed by atoms with Gasteiger partial charge in [-0.25, -0.2) is 9.18 Å². The van der Waals surface area contributed by atoms with E-state index in [1.807, 2.05) is 20.8 Å². The predicted molar refractivity (Wildman–Crippen MR) is 67.4 cm³/mol. The number of hydrogen-bond acceptors (Lipinski definition) is 2. The summed E-state index contributed by atoms with van der Waals surface area (Å²) in [6, 6.07) is 3.99. The Balaban J connectivity index is 2.90. The van der Waals surface area contributed by atoms with Crippen LogP contribution in [-0.4, -0.2) is 16.1 Å². The zero-order valence-corrected chi connectivity index (χ0v) is 10.5. The van der Waals surface area contributed by atoms with Crippen molar-refractivity contribution in [3.05, 3.63) is 41.3 Å². The van der Waals surface area contributed by atoms with Crippen molar-refractivity contribution in [3.63, 3.8) is 0 Å². The Hall–Kier alpha value is -1.97. The maximum atomic E-state index is 13.3. The lowest BCUT2D eigenvalue weighted by atomic mass is 9.83. The second-order valence-electron chi connectivity index (χ2n) is 5.26. The van der Waals surface area contributed by atoms with Crippen LogP contribution in [0.4, 0.5) is 4.39 Å². The van der Waals surface area contributed by atoms with E-state index in [4.69, 9.17) is 0 Å². The van der Waals surface area contributed by atoms with Gasteiger partial charge in [0.1, 0.15) is 5.82 Å². The van der Waals surface area contributed by atoms with E-state index in [9.17, 15) is 14.3 Å². The van der Waals surface area contributed by atoms with Crippen LogP contribution in [0.25, 0.3) is 10.9 Å². The summed E-state index contributed by atoms with van der Waals surface area (Å²) in [6.45, 7) is 5.71. The van der Waals surface area contributed by atoms with Gasteiger partial charge < -0.3 is 5.11 Å². The normalized spacial score (nSPS) is 11.8. The number of pyridine rings is 1. The molecule has 18 heavy (non-hydrogen) atoms. The lowest BCUT2D eigenvalue weighted by molar-refractivity contribution is 0.0696. The number of fused-ring (bicyclic) bond motifs is 1. The Morgan fingerprint density at radius 3 is 2.56 bits per heavy atom. The summed E-state index contributed by atoms with van der Waals surface area (Å²) in [4.78, 5) is 15.6. The van der Waals surface area contributed by atoms with Gasteiger partial charge in [0, 0.05) is 11.6 Å². The molecular weight excluding hydrogens is 233 g/mol. The Kier molecular flexibility index (Phi) is 2.81. The van der Waals surface area contributed by atoms with Gasteiger partial charge in [-0.1, -0.05) is 20.8 Å². The molecule has 1 aromatic heterocycles. The van der Waals surface area contributed by atoms with Crippen molar-refractivity contribution in [1.82, 2.24) is 4.98 Å². The SMILES string of the molecule is CC(C)(C)c1cnc2ccc(F)cc2c1C(=O)O. The van der Waals surface area contributed by atoms with E-state index >= 15 is 0 Å². The molecule has 0 spiro atoms. The first-order valence-electron chi connectivity index (χ1n) is 5.63. The van der Waals surface area contributed by atoms with Gasteiger partial charge in [0.2, 0.25) is 0 Å². The van der Waals surface area contributed by atoms with Crippen molar-refractivity contribution in [1.29, 1.82) is 0 Å². The van der Waals surface area contributed by atoms with Gasteiger partial charge in [0.25, 0.3) is 0 Å². The first-order chi connectivity index (χ1) is 8.30. The summed E-state index contributed by atoms with van der Waals surface area (Å²) in [5.74, 6) is -1.52. The third kappa shape index (κ3) is 2.06. The molecule has 1 aromatic carbocycles. The van der Waals surface area contributed by atoms with Gasteiger partial charge in [0.15, 0.2) is 0 Å². The fourth-order valence-electron chi connectivity index (χ4n) is 1.96. The molecule has 94 valence electrons. The highest BCUT2D eigenvalue weighted by Gasteiger charge is 2.24. The standard InChI is InChI=1S/C14H14FNO2/c1-14(2,3)10-7-16-11-5-4-8(15)6-9(11)12(10)13(17)18/h4-7H,1-3H3,(H,17,18). The van der Waals surface area contributed by atoms with E-state index in [-0.39, 0.29) is 11.0 Å².